The average Bonchev–Trinajstić information content (AvgIpc) is 2.68. The van der Waals surface area contributed by atoms with E-state index in [9.17, 15) is 0 Å². The van der Waals surface area contributed by atoms with Crippen molar-refractivity contribution in [3.05, 3.63) is 83.6 Å². The zero-order chi connectivity index (χ0) is 16.8. The molecule has 0 aliphatic carbocycles. The first kappa shape index (κ1) is 14.6. The van der Waals surface area contributed by atoms with Crippen molar-refractivity contribution in [2.24, 2.45) is 0 Å². The lowest BCUT2D eigenvalue weighted by Gasteiger charge is -2.13. The Balaban J connectivity index is 2.08. The highest BCUT2D eigenvalue weighted by Gasteiger charge is 2.14. The fraction of sp³-hybridized carbons (Fsp3) is 0. The van der Waals surface area contributed by atoms with E-state index >= 15 is 0 Å². The van der Waals surface area contributed by atoms with E-state index in [1.807, 2.05) is 18.3 Å². The van der Waals surface area contributed by atoms with Gasteiger partial charge >= 0.3 is 0 Å². The standard InChI is InChI=1S/C22H13BrN2/c23-19-12-18-21(16-8-2-1-7-15(16)19)17-9-3-4-10-20(17)25-22(18)14-6-5-11-24-13-14/h1-13H. The van der Waals surface area contributed by atoms with Crippen LogP contribution in [0.1, 0.15) is 0 Å². The third kappa shape index (κ3) is 2.24. The fourth-order valence-electron chi connectivity index (χ4n) is 3.49. The van der Waals surface area contributed by atoms with Gasteiger partial charge in [0.25, 0.3) is 0 Å². The molecule has 0 radical (unpaired) electrons. The first-order valence-corrected chi connectivity index (χ1v) is 8.92. The van der Waals surface area contributed by atoms with Crippen LogP contribution in [0.15, 0.2) is 83.6 Å². The lowest BCUT2D eigenvalue weighted by atomic mass is 9.96. The van der Waals surface area contributed by atoms with Crippen LogP contribution in [0, 0.1) is 0 Å². The Labute approximate surface area is 153 Å². The Morgan fingerprint density at radius 2 is 1.48 bits per heavy atom. The van der Waals surface area contributed by atoms with Crippen LogP contribution in [-0.4, -0.2) is 9.97 Å². The Morgan fingerprint density at radius 3 is 2.28 bits per heavy atom. The summed E-state index contributed by atoms with van der Waals surface area (Å²) in [4.78, 5) is 9.24. The molecule has 25 heavy (non-hydrogen) atoms. The molecule has 0 spiro atoms. The van der Waals surface area contributed by atoms with E-state index in [0.29, 0.717) is 0 Å². The number of para-hydroxylation sites is 1. The zero-order valence-corrected chi connectivity index (χ0v) is 14.9. The number of hydrogen-bond acceptors (Lipinski definition) is 2. The van der Waals surface area contributed by atoms with E-state index in [-0.39, 0.29) is 0 Å². The van der Waals surface area contributed by atoms with Crippen molar-refractivity contribution in [2.45, 2.75) is 0 Å². The monoisotopic (exact) mass is 384 g/mol. The second-order valence-electron chi connectivity index (χ2n) is 6.05. The number of hydrogen-bond donors (Lipinski definition) is 0. The zero-order valence-electron chi connectivity index (χ0n) is 13.3. The summed E-state index contributed by atoms with van der Waals surface area (Å²) in [6.45, 7) is 0. The molecular formula is C22H13BrN2. The van der Waals surface area contributed by atoms with Crippen LogP contribution in [0.5, 0.6) is 0 Å². The van der Waals surface area contributed by atoms with E-state index < -0.39 is 0 Å². The number of nitrogens with zero attached hydrogens (tertiary/aromatic N) is 2. The summed E-state index contributed by atoms with van der Waals surface area (Å²) >= 11 is 3.75. The topological polar surface area (TPSA) is 25.8 Å². The van der Waals surface area contributed by atoms with Crippen molar-refractivity contribution in [3.8, 4) is 11.3 Å². The normalized spacial score (nSPS) is 11.4. The highest BCUT2D eigenvalue weighted by molar-refractivity contribution is 9.10. The van der Waals surface area contributed by atoms with Gasteiger partial charge in [0, 0.05) is 38.6 Å². The van der Waals surface area contributed by atoms with Gasteiger partial charge in [-0.25, -0.2) is 4.98 Å². The number of benzene rings is 3. The molecule has 5 rings (SSSR count). The van der Waals surface area contributed by atoms with Crippen LogP contribution in [0.2, 0.25) is 0 Å². The fourth-order valence-corrected chi connectivity index (χ4v) is 4.07. The number of fused-ring (bicyclic) bond motifs is 5. The average molecular weight is 385 g/mol. The second-order valence-corrected chi connectivity index (χ2v) is 6.90. The van der Waals surface area contributed by atoms with Gasteiger partial charge in [0.2, 0.25) is 0 Å². The molecule has 3 heteroatoms. The van der Waals surface area contributed by atoms with Gasteiger partial charge in [-0.05, 0) is 35.0 Å². The molecule has 0 N–H and O–H groups in total. The first-order chi connectivity index (χ1) is 12.3. The molecule has 2 heterocycles. The predicted molar refractivity (Wildman–Crippen MR) is 108 cm³/mol. The maximum Gasteiger partial charge on any atom is 0.0804 e. The van der Waals surface area contributed by atoms with Crippen molar-refractivity contribution >= 4 is 48.4 Å². The highest BCUT2D eigenvalue weighted by atomic mass is 79.9. The number of rotatable bonds is 1. The summed E-state index contributed by atoms with van der Waals surface area (Å²) in [6, 6.07) is 23.0. The molecule has 118 valence electrons. The molecule has 5 aromatic rings. The SMILES string of the molecule is Brc1cc2c(-c3cccnc3)nc3ccccc3c2c2ccccc12. The molecule has 2 nitrogen and oxygen atoms in total. The van der Waals surface area contributed by atoms with Gasteiger partial charge in [-0.15, -0.1) is 0 Å². The van der Waals surface area contributed by atoms with Gasteiger partial charge in [-0.2, -0.15) is 0 Å². The molecule has 0 fully saturated rings. The van der Waals surface area contributed by atoms with Crippen molar-refractivity contribution in [3.63, 3.8) is 0 Å². The van der Waals surface area contributed by atoms with Crippen molar-refractivity contribution in [2.75, 3.05) is 0 Å². The number of halogens is 1. The first-order valence-electron chi connectivity index (χ1n) is 8.13. The molecule has 3 aromatic carbocycles. The molecule has 0 saturated carbocycles. The molecule has 0 saturated heterocycles. The lowest BCUT2D eigenvalue weighted by Crippen LogP contribution is -1.91. The summed E-state index contributed by atoms with van der Waals surface area (Å²) in [6.07, 6.45) is 3.66. The van der Waals surface area contributed by atoms with Gasteiger partial charge < -0.3 is 0 Å². The molecule has 2 aromatic heterocycles. The van der Waals surface area contributed by atoms with Crippen LogP contribution >= 0.6 is 15.9 Å². The summed E-state index contributed by atoms with van der Waals surface area (Å²) < 4.78 is 1.08. The minimum Gasteiger partial charge on any atom is -0.264 e. The Morgan fingerprint density at radius 1 is 0.720 bits per heavy atom. The van der Waals surface area contributed by atoms with E-state index in [1.54, 1.807) is 6.20 Å². The van der Waals surface area contributed by atoms with E-state index in [2.05, 4.69) is 75.5 Å². The maximum atomic E-state index is 4.96. The largest absolute Gasteiger partial charge is 0.264 e. The van der Waals surface area contributed by atoms with Crippen molar-refractivity contribution in [1.29, 1.82) is 0 Å². The summed E-state index contributed by atoms with van der Waals surface area (Å²) in [5, 5.41) is 5.99. The van der Waals surface area contributed by atoms with E-state index in [1.165, 1.54) is 21.5 Å². The second kappa shape index (κ2) is 5.64. The number of pyridine rings is 2. The summed E-state index contributed by atoms with van der Waals surface area (Å²) in [5.41, 5.74) is 3.00. The predicted octanol–water partition coefficient (Wildman–Crippen LogP) is 6.37. The van der Waals surface area contributed by atoms with Crippen LogP contribution in [0.4, 0.5) is 0 Å². The summed E-state index contributed by atoms with van der Waals surface area (Å²) in [5.74, 6) is 0. The van der Waals surface area contributed by atoms with Gasteiger partial charge in [0.05, 0.1) is 11.2 Å². The maximum absolute atomic E-state index is 4.96. The third-order valence-electron chi connectivity index (χ3n) is 4.59. The Bertz CT molecular complexity index is 1250. The molecular weight excluding hydrogens is 372 g/mol. The highest BCUT2D eigenvalue weighted by Crippen LogP contribution is 2.39. The van der Waals surface area contributed by atoms with Gasteiger partial charge in [-0.3, -0.25) is 4.98 Å². The van der Waals surface area contributed by atoms with E-state index in [0.717, 1.165) is 26.6 Å². The Hall–Kier alpha value is -2.78. The van der Waals surface area contributed by atoms with Crippen molar-refractivity contribution < 1.29 is 0 Å². The smallest absolute Gasteiger partial charge is 0.0804 e. The quantitative estimate of drug-likeness (QED) is 0.314. The lowest BCUT2D eigenvalue weighted by molar-refractivity contribution is 1.31. The molecule has 0 aliphatic heterocycles. The molecule has 0 amide bonds. The van der Waals surface area contributed by atoms with Gasteiger partial charge in [0.1, 0.15) is 0 Å². The van der Waals surface area contributed by atoms with Gasteiger partial charge in [0.15, 0.2) is 0 Å². The number of aromatic nitrogens is 2. The third-order valence-corrected chi connectivity index (χ3v) is 5.25. The molecule has 0 atom stereocenters. The van der Waals surface area contributed by atoms with E-state index in [4.69, 9.17) is 4.98 Å². The molecule has 0 aliphatic rings. The van der Waals surface area contributed by atoms with Crippen LogP contribution in [0.3, 0.4) is 0 Å². The minimum atomic E-state index is 0.966. The molecule has 0 bridgehead atoms. The summed E-state index contributed by atoms with van der Waals surface area (Å²) in [7, 11) is 0. The van der Waals surface area contributed by atoms with Crippen LogP contribution in [0.25, 0.3) is 43.7 Å². The van der Waals surface area contributed by atoms with Crippen LogP contribution < -0.4 is 0 Å². The Kier molecular flexibility index (Phi) is 3.28. The van der Waals surface area contributed by atoms with Gasteiger partial charge in [-0.1, -0.05) is 58.4 Å². The molecule has 0 unspecified atom stereocenters. The van der Waals surface area contributed by atoms with Crippen molar-refractivity contribution in [1.82, 2.24) is 9.97 Å². The van der Waals surface area contributed by atoms with Crippen LogP contribution in [-0.2, 0) is 0 Å². The minimum absolute atomic E-state index is 0.966.